The van der Waals surface area contributed by atoms with Gasteiger partial charge in [0.25, 0.3) is 12.0 Å². The molecule has 0 saturated carbocycles. The SMILES string of the molecule is O=c1[nH]c(F)c(C(F)F)cc1C(F)(F)F. The van der Waals surface area contributed by atoms with Crippen LogP contribution in [-0.4, -0.2) is 4.98 Å². The highest BCUT2D eigenvalue weighted by molar-refractivity contribution is 5.22. The summed E-state index contributed by atoms with van der Waals surface area (Å²) < 4.78 is 72.7. The Morgan fingerprint density at radius 2 is 1.80 bits per heavy atom. The first-order valence-corrected chi connectivity index (χ1v) is 3.51. The zero-order valence-electron chi connectivity index (χ0n) is 6.83. The van der Waals surface area contributed by atoms with E-state index in [9.17, 15) is 31.1 Å². The van der Waals surface area contributed by atoms with Crippen LogP contribution in [0.25, 0.3) is 0 Å². The molecule has 0 aliphatic rings. The van der Waals surface area contributed by atoms with E-state index >= 15 is 0 Å². The van der Waals surface area contributed by atoms with E-state index in [0.717, 1.165) is 4.98 Å². The molecule has 0 radical (unpaired) electrons. The number of aromatic amines is 1. The lowest BCUT2D eigenvalue weighted by Gasteiger charge is -2.07. The second kappa shape index (κ2) is 3.59. The van der Waals surface area contributed by atoms with Crippen LogP contribution in [0.15, 0.2) is 10.9 Å². The maximum absolute atomic E-state index is 12.6. The first-order valence-electron chi connectivity index (χ1n) is 3.51. The fraction of sp³-hybridized carbons (Fsp3) is 0.286. The number of hydrogen-bond acceptors (Lipinski definition) is 1. The van der Waals surface area contributed by atoms with Crippen molar-refractivity contribution < 1.29 is 26.3 Å². The summed E-state index contributed by atoms with van der Waals surface area (Å²) in [6, 6.07) is -0.196. The van der Waals surface area contributed by atoms with Gasteiger partial charge in [0.05, 0.1) is 5.56 Å². The highest BCUT2D eigenvalue weighted by atomic mass is 19.4. The van der Waals surface area contributed by atoms with Crippen LogP contribution >= 0.6 is 0 Å². The molecule has 2 nitrogen and oxygen atoms in total. The molecule has 0 unspecified atom stereocenters. The highest BCUT2D eigenvalue weighted by Crippen LogP contribution is 2.29. The number of nitrogens with one attached hydrogen (secondary N) is 1. The van der Waals surface area contributed by atoms with Crippen molar-refractivity contribution >= 4 is 0 Å². The van der Waals surface area contributed by atoms with Crippen LogP contribution in [0.3, 0.4) is 0 Å². The van der Waals surface area contributed by atoms with Gasteiger partial charge in [-0.25, -0.2) is 8.78 Å². The van der Waals surface area contributed by atoms with Gasteiger partial charge in [0.2, 0.25) is 5.95 Å². The predicted molar refractivity (Wildman–Crippen MR) is 37.0 cm³/mol. The molecule has 0 aliphatic heterocycles. The maximum atomic E-state index is 12.6. The van der Waals surface area contributed by atoms with Gasteiger partial charge in [0.15, 0.2) is 0 Å². The van der Waals surface area contributed by atoms with Gasteiger partial charge in [-0.05, 0) is 6.07 Å². The van der Waals surface area contributed by atoms with E-state index in [0.29, 0.717) is 0 Å². The number of halogens is 6. The van der Waals surface area contributed by atoms with Crippen LogP contribution in [0.2, 0.25) is 0 Å². The number of rotatable bonds is 1. The minimum atomic E-state index is -5.09. The summed E-state index contributed by atoms with van der Waals surface area (Å²) in [6.45, 7) is 0. The number of hydrogen-bond donors (Lipinski definition) is 1. The van der Waals surface area contributed by atoms with E-state index in [2.05, 4.69) is 0 Å². The summed E-state index contributed by atoms with van der Waals surface area (Å²) in [5.74, 6) is -1.76. The Bertz CT molecular complexity index is 420. The second-order valence-electron chi connectivity index (χ2n) is 2.58. The van der Waals surface area contributed by atoms with Crippen molar-refractivity contribution in [3.8, 4) is 0 Å². The Morgan fingerprint density at radius 3 is 2.20 bits per heavy atom. The Kier molecular flexibility index (Phi) is 2.78. The summed E-state index contributed by atoms with van der Waals surface area (Å²) in [6.07, 6.45) is -8.52. The minimum Gasteiger partial charge on any atom is -0.298 e. The molecule has 0 amide bonds. The van der Waals surface area contributed by atoms with Gasteiger partial charge >= 0.3 is 6.18 Å². The molecule has 0 spiro atoms. The monoisotopic (exact) mass is 231 g/mol. The maximum Gasteiger partial charge on any atom is 0.421 e. The summed E-state index contributed by atoms with van der Waals surface area (Å²) in [5, 5.41) is 0. The molecule has 1 aromatic rings. The Morgan fingerprint density at radius 1 is 1.27 bits per heavy atom. The first-order chi connectivity index (χ1) is 6.73. The van der Waals surface area contributed by atoms with Gasteiger partial charge in [-0.1, -0.05) is 0 Å². The van der Waals surface area contributed by atoms with Crippen molar-refractivity contribution in [3.05, 3.63) is 33.5 Å². The Balaban J connectivity index is 3.44. The van der Waals surface area contributed by atoms with Crippen LogP contribution in [0.4, 0.5) is 26.3 Å². The lowest BCUT2D eigenvalue weighted by atomic mass is 10.2. The summed E-state index contributed by atoms with van der Waals surface area (Å²) in [7, 11) is 0. The van der Waals surface area contributed by atoms with Crippen LogP contribution in [0, 0.1) is 5.95 Å². The Hall–Kier alpha value is -1.47. The predicted octanol–water partition coefficient (Wildman–Crippen LogP) is 2.47. The average Bonchev–Trinajstić information content (AvgIpc) is 2.00. The zero-order chi connectivity index (χ0) is 11.8. The summed E-state index contributed by atoms with van der Waals surface area (Å²) >= 11 is 0. The molecule has 0 atom stereocenters. The largest absolute Gasteiger partial charge is 0.421 e. The van der Waals surface area contributed by atoms with E-state index in [1.165, 1.54) is 0 Å². The molecule has 0 fully saturated rings. The van der Waals surface area contributed by atoms with Gasteiger partial charge < -0.3 is 0 Å². The molecule has 0 bridgehead atoms. The molecule has 1 aromatic heterocycles. The fourth-order valence-corrected chi connectivity index (χ4v) is 0.893. The van der Waals surface area contributed by atoms with E-state index in [4.69, 9.17) is 0 Å². The zero-order valence-corrected chi connectivity index (χ0v) is 6.83. The molecule has 1 rings (SSSR count). The fourth-order valence-electron chi connectivity index (χ4n) is 0.893. The molecular formula is C7H3F6NO. The molecule has 0 saturated heterocycles. The van der Waals surface area contributed by atoms with E-state index in [1.54, 1.807) is 0 Å². The van der Waals surface area contributed by atoms with Gasteiger partial charge in [0, 0.05) is 0 Å². The third-order valence-corrected chi connectivity index (χ3v) is 1.56. The average molecular weight is 231 g/mol. The van der Waals surface area contributed by atoms with E-state index in [-0.39, 0.29) is 6.07 Å². The van der Waals surface area contributed by atoms with Gasteiger partial charge in [-0.2, -0.15) is 17.6 Å². The van der Waals surface area contributed by atoms with Gasteiger partial charge in [0.1, 0.15) is 5.56 Å². The van der Waals surface area contributed by atoms with Crippen LogP contribution in [0.1, 0.15) is 17.6 Å². The Labute approximate surface area is 78.5 Å². The molecule has 0 aliphatic carbocycles. The third kappa shape index (κ3) is 2.31. The van der Waals surface area contributed by atoms with Crippen LogP contribution in [0.5, 0.6) is 0 Å². The molecule has 15 heavy (non-hydrogen) atoms. The summed E-state index contributed by atoms with van der Waals surface area (Å²) in [5.41, 5.74) is -5.12. The lowest BCUT2D eigenvalue weighted by Crippen LogP contribution is -2.23. The molecule has 1 N–H and O–H groups in total. The number of H-pyrrole nitrogens is 1. The van der Waals surface area contributed by atoms with Crippen LogP contribution in [-0.2, 0) is 6.18 Å². The molecule has 0 aromatic carbocycles. The minimum absolute atomic E-state index is 0.196. The van der Waals surface area contributed by atoms with E-state index < -0.39 is 35.2 Å². The molecule has 84 valence electrons. The topological polar surface area (TPSA) is 32.9 Å². The van der Waals surface area contributed by atoms with Crippen LogP contribution < -0.4 is 5.56 Å². The van der Waals surface area contributed by atoms with Crippen molar-refractivity contribution in [3.63, 3.8) is 0 Å². The number of alkyl halides is 5. The van der Waals surface area contributed by atoms with Crippen molar-refractivity contribution in [1.82, 2.24) is 4.98 Å². The first kappa shape index (κ1) is 11.6. The number of pyridine rings is 1. The summed E-state index contributed by atoms with van der Waals surface area (Å²) in [4.78, 5) is 11.7. The number of aromatic nitrogens is 1. The van der Waals surface area contributed by atoms with Crippen molar-refractivity contribution in [2.75, 3.05) is 0 Å². The van der Waals surface area contributed by atoms with Crippen molar-refractivity contribution in [2.45, 2.75) is 12.6 Å². The second-order valence-corrected chi connectivity index (χ2v) is 2.58. The smallest absolute Gasteiger partial charge is 0.298 e. The highest BCUT2D eigenvalue weighted by Gasteiger charge is 2.35. The van der Waals surface area contributed by atoms with E-state index in [1.807, 2.05) is 0 Å². The lowest BCUT2D eigenvalue weighted by molar-refractivity contribution is -0.138. The molecule has 1 heterocycles. The van der Waals surface area contributed by atoms with Gasteiger partial charge in [-0.3, -0.25) is 9.78 Å². The van der Waals surface area contributed by atoms with Crippen molar-refractivity contribution in [2.24, 2.45) is 0 Å². The normalized spacial score (nSPS) is 12.2. The molecule has 8 heteroatoms. The third-order valence-electron chi connectivity index (χ3n) is 1.56. The van der Waals surface area contributed by atoms with Crippen molar-refractivity contribution in [1.29, 1.82) is 0 Å². The molecular weight excluding hydrogens is 228 g/mol. The standard InChI is InChI=1S/C7H3F6NO/c8-4(9)2-1-3(7(11,12)13)6(15)14-5(2)10/h1,4H,(H,14,15). The quantitative estimate of drug-likeness (QED) is 0.584. The van der Waals surface area contributed by atoms with Gasteiger partial charge in [-0.15, -0.1) is 0 Å².